The molecule has 3 aromatic rings. The van der Waals surface area contributed by atoms with Crippen LogP contribution in [-0.2, 0) is 13.5 Å². The monoisotopic (exact) mass is 596 g/mol. The lowest BCUT2D eigenvalue weighted by atomic mass is 9.95. The van der Waals surface area contributed by atoms with Crippen LogP contribution in [0.5, 0.6) is 0 Å². The summed E-state index contributed by atoms with van der Waals surface area (Å²) < 4.78 is 2.30. The molecule has 226 valence electrons. The van der Waals surface area contributed by atoms with Gasteiger partial charge in [-0.2, -0.15) is 0 Å². The first-order valence-corrected chi connectivity index (χ1v) is 20.9. The number of aromatic nitrogens is 1. The molecule has 2 heterocycles. The molecule has 0 aliphatic carbocycles. The Balaban J connectivity index is 2.06. The Hall–Kier alpha value is -2.41. The molecule has 42 heavy (non-hydrogen) atoms. The number of rotatable bonds is 6. The van der Waals surface area contributed by atoms with E-state index in [-0.39, 0.29) is 0 Å². The number of benzene rings is 2. The van der Waals surface area contributed by atoms with Crippen molar-refractivity contribution in [2.45, 2.75) is 123 Å². The third-order valence-electron chi connectivity index (χ3n) is 11.0. The third kappa shape index (κ3) is 5.08. The number of anilines is 1. The molecule has 2 nitrogen and oxygen atoms in total. The smallest absolute Gasteiger partial charge is 0.146 e. The van der Waals surface area contributed by atoms with E-state index in [0.29, 0.717) is 33.2 Å². The van der Waals surface area contributed by atoms with Gasteiger partial charge in [-0.1, -0.05) is 94.9 Å². The number of aryl methyl sites for hydroxylation is 1. The minimum absolute atomic E-state index is 0.617. The van der Waals surface area contributed by atoms with Gasteiger partial charge in [-0.15, -0.1) is 11.1 Å². The zero-order valence-electron chi connectivity index (χ0n) is 29.1. The Morgan fingerprint density at radius 2 is 1.07 bits per heavy atom. The summed E-state index contributed by atoms with van der Waals surface area (Å²) >= 11 is 0. The first-order chi connectivity index (χ1) is 19.6. The van der Waals surface area contributed by atoms with E-state index < -0.39 is 16.1 Å². The SMILES string of the molecule is CC(C)[Si](C#Cc1cc2c(cc(C#C[Si](C(C)C)(C(C)C)C(C)C)c3ccn(C)c32)c2c1CCN2C)(C(C)C)C(C)C. The molecule has 0 spiro atoms. The standard InChI is InChI=1S/C38H56N2Si2/c1-25(2)41(26(3)4,27(5)6)21-17-31-23-35-36(37-33(31)15-19-39(37)13)24-32(34-16-20-40(14)38(34)35)18-22-42(28(7)8,29(9)10)30(11)12/h15,19,23-30H,16,20H2,1-14H3. The first-order valence-electron chi connectivity index (χ1n) is 16.5. The molecule has 0 fully saturated rings. The highest BCUT2D eigenvalue weighted by molar-refractivity contribution is 6.91. The molecular weight excluding hydrogens is 541 g/mol. The van der Waals surface area contributed by atoms with E-state index in [0.717, 1.165) is 13.0 Å². The Morgan fingerprint density at radius 1 is 0.619 bits per heavy atom. The van der Waals surface area contributed by atoms with Crippen molar-refractivity contribution in [3.63, 3.8) is 0 Å². The van der Waals surface area contributed by atoms with Crippen LogP contribution in [0.3, 0.4) is 0 Å². The highest BCUT2D eigenvalue weighted by Crippen LogP contribution is 2.44. The van der Waals surface area contributed by atoms with E-state index in [4.69, 9.17) is 0 Å². The predicted octanol–water partition coefficient (Wildman–Crippen LogP) is 10.5. The summed E-state index contributed by atoms with van der Waals surface area (Å²) in [7, 11) is 0.752. The molecule has 0 saturated carbocycles. The van der Waals surface area contributed by atoms with Gasteiger partial charge in [0.05, 0.1) is 5.52 Å². The number of likely N-dealkylation sites (N-methyl/N-ethyl adjacent to an activating group) is 1. The van der Waals surface area contributed by atoms with Crippen LogP contribution in [0.1, 0.15) is 99.8 Å². The van der Waals surface area contributed by atoms with Crippen LogP contribution >= 0.6 is 0 Å². The van der Waals surface area contributed by atoms with Crippen molar-refractivity contribution >= 4 is 43.5 Å². The molecular formula is C38H56N2Si2. The highest BCUT2D eigenvalue weighted by Gasteiger charge is 2.43. The molecule has 0 amide bonds. The molecule has 0 radical (unpaired) electrons. The molecule has 4 heteroatoms. The zero-order chi connectivity index (χ0) is 31.3. The summed E-state index contributed by atoms with van der Waals surface area (Å²) in [5.74, 6) is 7.71. The molecule has 1 aliphatic heterocycles. The van der Waals surface area contributed by atoms with Crippen molar-refractivity contribution in [2.24, 2.45) is 7.05 Å². The second-order valence-corrected chi connectivity index (χ2v) is 26.1. The van der Waals surface area contributed by atoms with Crippen LogP contribution in [0.25, 0.3) is 21.7 Å². The summed E-state index contributed by atoms with van der Waals surface area (Å²) in [5.41, 5.74) is 18.3. The van der Waals surface area contributed by atoms with Crippen LogP contribution < -0.4 is 4.90 Å². The maximum atomic E-state index is 4.04. The van der Waals surface area contributed by atoms with Crippen molar-refractivity contribution in [1.82, 2.24) is 4.57 Å². The second kappa shape index (κ2) is 11.9. The second-order valence-electron chi connectivity index (χ2n) is 14.9. The quantitative estimate of drug-likeness (QED) is 0.203. The van der Waals surface area contributed by atoms with Crippen LogP contribution in [-0.4, -0.2) is 34.3 Å². The van der Waals surface area contributed by atoms with E-state index in [1.165, 1.54) is 44.1 Å². The summed E-state index contributed by atoms with van der Waals surface area (Å²) in [4.78, 5) is 2.46. The van der Waals surface area contributed by atoms with Gasteiger partial charge in [0.2, 0.25) is 0 Å². The van der Waals surface area contributed by atoms with Gasteiger partial charge in [0.1, 0.15) is 16.1 Å². The average Bonchev–Trinajstić information content (AvgIpc) is 3.47. The average molecular weight is 597 g/mol. The lowest BCUT2D eigenvalue weighted by Crippen LogP contribution is -2.43. The third-order valence-corrected chi connectivity index (χ3v) is 23.6. The van der Waals surface area contributed by atoms with Crippen LogP contribution in [0, 0.1) is 22.9 Å². The topological polar surface area (TPSA) is 8.17 Å². The van der Waals surface area contributed by atoms with Crippen LogP contribution in [0.2, 0.25) is 33.2 Å². The van der Waals surface area contributed by atoms with Gasteiger partial charge in [0.25, 0.3) is 0 Å². The Kier molecular flexibility index (Phi) is 9.24. The Labute approximate surface area is 259 Å². The Bertz CT molecular complexity index is 1550. The van der Waals surface area contributed by atoms with Crippen molar-refractivity contribution in [2.75, 3.05) is 18.5 Å². The lowest BCUT2D eigenvalue weighted by Gasteiger charge is -2.38. The summed E-state index contributed by atoms with van der Waals surface area (Å²) in [5, 5.41) is 3.91. The van der Waals surface area contributed by atoms with E-state index in [2.05, 4.69) is 154 Å². The van der Waals surface area contributed by atoms with Crippen LogP contribution in [0.4, 0.5) is 5.69 Å². The minimum Gasteiger partial charge on any atom is -0.374 e. The fourth-order valence-corrected chi connectivity index (χ4v) is 19.3. The first kappa shape index (κ1) is 32.5. The van der Waals surface area contributed by atoms with Crippen molar-refractivity contribution < 1.29 is 0 Å². The zero-order valence-corrected chi connectivity index (χ0v) is 31.1. The van der Waals surface area contributed by atoms with Gasteiger partial charge in [0, 0.05) is 59.8 Å². The number of hydrogen-bond acceptors (Lipinski definition) is 1. The van der Waals surface area contributed by atoms with Crippen molar-refractivity contribution in [1.29, 1.82) is 0 Å². The molecule has 1 aromatic heterocycles. The van der Waals surface area contributed by atoms with Crippen molar-refractivity contribution in [3.05, 3.63) is 41.1 Å². The van der Waals surface area contributed by atoms with Gasteiger partial charge in [-0.25, -0.2) is 0 Å². The van der Waals surface area contributed by atoms with Gasteiger partial charge < -0.3 is 9.47 Å². The lowest BCUT2D eigenvalue weighted by molar-refractivity contribution is 0.838. The number of fused-ring (bicyclic) bond motifs is 5. The molecule has 0 unspecified atom stereocenters. The van der Waals surface area contributed by atoms with Crippen molar-refractivity contribution in [3.8, 4) is 22.9 Å². The van der Waals surface area contributed by atoms with E-state index in [9.17, 15) is 0 Å². The molecule has 2 aromatic carbocycles. The molecule has 0 atom stereocenters. The largest absolute Gasteiger partial charge is 0.374 e. The van der Waals surface area contributed by atoms with Crippen LogP contribution in [0.15, 0.2) is 24.4 Å². The maximum absolute atomic E-state index is 4.04. The molecule has 4 rings (SSSR count). The molecule has 1 aliphatic rings. The van der Waals surface area contributed by atoms with E-state index in [1.807, 2.05) is 0 Å². The maximum Gasteiger partial charge on any atom is 0.146 e. The molecule has 0 bridgehead atoms. The van der Waals surface area contributed by atoms with Gasteiger partial charge >= 0.3 is 0 Å². The number of nitrogens with zero attached hydrogens (tertiary/aromatic N) is 2. The fourth-order valence-electron chi connectivity index (χ4n) is 8.89. The molecule has 0 saturated heterocycles. The van der Waals surface area contributed by atoms with E-state index in [1.54, 1.807) is 0 Å². The minimum atomic E-state index is -1.85. The van der Waals surface area contributed by atoms with Gasteiger partial charge in [-0.3, -0.25) is 0 Å². The number of hydrogen-bond donors (Lipinski definition) is 0. The molecule has 0 N–H and O–H groups in total. The summed E-state index contributed by atoms with van der Waals surface area (Å²) in [6.45, 7) is 29.9. The summed E-state index contributed by atoms with van der Waals surface area (Å²) in [6, 6.07) is 7.12. The predicted molar refractivity (Wildman–Crippen MR) is 193 cm³/mol. The summed E-state index contributed by atoms with van der Waals surface area (Å²) in [6.07, 6.45) is 3.27. The normalized spacial score (nSPS) is 14.1. The fraction of sp³-hybridized carbons (Fsp3) is 0.579. The van der Waals surface area contributed by atoms with E-state index >= 15 is 0 Å². The van der Waals surface area contributed by atoms with Gasteiger partial charge in [-0.05, 0) is 63.4 Å². The van der Waals surface area contributed by atoms with Gasteiger partial charge in [0.15, 0.2) is 0 Å². The Morgan fingerprint density at radius 3 is 1.55 bits per heavy atom. The highest BCUT2D eigenvalue weighted by atomic mass is 28.3.